The first-order valence-corrected chi connectivity index (χ1v) is 10.6. The Bertz CT molecular complexity index is 913. The number of nitrogens with zero attached hydrogens (tertiary/aromatic N) is 4. The highest BCUT2D eigenvalue weighted by Crippen LogP contribution is 2.17. The molecule has 0 atom stereocenters. The number of hydrogen-bond acceptors (Lipinski definition) is 5. The van der Waals surface area contributed by atoms with Gasteiger partial charge in [-0.25, -0.2) is 4.79 Å². The third kappa shape index (κ3) is 4.64. The van der Waals surface area contributed by atoms with Gasteiger partial charge in [-0.1, -0.05) is 29.3 Å². The lowest BCUT2D eigenvalue weighted by Crippen LogP contribution is -2.46. The zero-order chi connectivity index (χ0) is 21.1. The average molecular weight is 412 g/mol. The molecule has 8 heteroatoms. The Balaban J connectivity index is 1.40. The maximum absolute atomic E-state index is 12.8. The number of ether oxygens (including phenoxy) is 1. The Morgan fingerprint density at radius 1 is 1.00 bits per heavy atom. The van der Waals surface area contributed by atoms with Gasteiger partial charge in [0.15, 0.2) is 5.69 Å². The minimum Gasteiger partial charge on any atom is -0.445 e. The van der Waals surface area contributed by atoms with Crippen LogP contribution in [0.1, 0.15) is 39.3 Å². The zero-order valence-corrected chi connectivity index (χ0v) is 17.7. The van der Waals surface area contributed by atoms with Gasteiger partial charge in [-0.15, -0.1) is 0 Å². The van der Waals surface area contributed by atoms with Crippen molar-refractivity contribution in [3.63, 3.8) is 0 Å². The van der Waals surface area contributed by atoms with Crippen LogP contribution in [0.25, 0.3) is 0 Å². The predicted octanol–water partition coefficient (Wildman–Crippen LogP) is 2.09. The van der Waals surface area contributed by atoms with Gasteiger partial charge in [-0.05, 0) is 31.9 Å². The summed E-state index contributed by atoms with van der Waals surface area (Å²) >= 11 is 0. The topological polar surface area (TPSA) is 79.7 Å². The van der Waals surface area contributed by atoms with Crippen LogP contribution in [0.4, 0.5) is 4.79 Å². The molecule has 2 amide bonds. The van der Waals surface area contributed by atoms with E-state index < -0.39 is 0 Å². The molecule has 2 aliphatic rings. The monoisotopic (exact) mass is 411 g/mol. The minimum absolute atomic E-state index is 0.0407. The molecular formula is C22H29N5O3. The van der Waals surface area contributed by atoms with Gasteiger partial charge in [0.25, 0.3) is 5.91 Å². The third-order valence-corrected chi connectivity index (χ3v) is 5.54. The number of carbonyl (C=O) groups excluding carboxylic acids is 2. The Labute approximate surface area is 176 Å². The van der Waals surface area contributed by atoms with Crippen LogP contribution < -0.4 is 5.32 Å². The van der Waals surface area contributed by atoms with E-state index in [1.807, 2.05) is 41.6 Å². The molecule has 0 spiro atoms. The summed E-state index contributed by atoms with van der Waals surface area (Å²) in [7, 11) is 0. The van der Waals surface area contributed by atoms with Crippen molar-refractivity contribution in [1.82, 2.24) is 24.9 Å². The van der Waals surface area contributed by atoms with E-state index in [4.69, 9.17) is 4.74 Å². The fourth-order valence-electron chi connectivity index (χ4n) is 4.14. The molecule has 4 rings (SSSR count). The highest BCUT2D eigenvalue weighted by atomic mass is 16.6. The Morgan fingerprint density at radius 2 is 1.73 bits per heavy atom. The quantitative estimate of drug-likeness (QED) is 0.837. The van der Waals surface area contributed by atoms with Crippen molar-refractivity contribution in [2.75, 3.05) is 32.7 Å². The number of fused-ring (bicyclic) bond motifs is 1. The normalized spacial score (nSPS) is 16.7. The fraction of sp³-hybridized carbons (Fsp3) is 0.500. The molecule has 1 aromatic carbocycles. The standard InChI is InChI=1S/C22H29N5O3/c1-16-10-17(2)12-18(11-16)15-30-22(29)26-6-3-7-27-19(14-26)13-20(24-27)21(28)25-8-4-23-5-9-25/h10-13,23H,3-9,14-15H2,1-2H3. The highest BCUT2D eigenvalue weighted by Gasteiger charge is 2.26. The maximum Gasteiger partial charge on any atom is 0.410 e. The highest BCUT2D eigenvalue weighted by molar-refractivity contribution is 5.92. The fourth-order valence-corrected chi connectivity index (χ4v) is 4.14. The predicted molar refractivity (Wildman–Crippen MR) is 112 cm³/mol. The summed E-state index contributed by atoms with van der Waals surface area (Å²) in [6.45, 7) is 9.01. The van der Waals surface area contributed by atoms with Crippen LogP contribution >= 0.6 is 0 Å². The molecule has 3 heterocycles. The van der Waals surface area contributed by atoms with Gasteiger partial charge < -0.3 is 19.9 Å². The second-order valence-electron chi connectivity index (χ2n) is 8.11. The average Bonchev–Trinajstić information content (AvgIpc) is 3.02. The maximum atomic E-state index is 12.8. The van der Waals surface area contributed by atoms with Crippen molar-refractivity contribution >= 4 is 12.0 Å². The van der Waals surface area contributed by atoms with E-state index in [0.29, 0.717) is 38.4 Å². The van der Waals surface area contributed by atoms with E-state index in [-0.39, 0.29) is 18.6 Å². The van der Waals surface area contributed by atoms with Gasteiger partial charge in [-0.2, -0.15) is 5.10 Å². The van der Waals surface area contributed by atoms with Gasteiger partial charge in [0.05, 0.1) is 12.2 Å². The molecule has 160 valence electrons. The molecule has 30 heavy (non-hydrogen) atoms. The third-order valence-electron chi connectivity index (χ3n) is 5.54. The summed E-state index contributed by atoms with van der Waals surface area (Å²) in [6, 6.07) is 7.98. The number of rotatable bonds is 3. The van der Waals surface area contributed by atoms with Crippen LogP contribution in [0.5, 0.6) is 0 Å². The van der Waals surface area contributed by atoms with E-state index in [1.54, 1.807) is 4.90 Å². The number of aryl methyl sites for hydroxylation is 3. The van der Waals surface area contributed by atoms with E-state index in [9.17, 15) is 9.59 Å². The Morgan fingerprint density at radius 3 is 2.47 bits per heavy atom. The molecule has 8 nitrogen and oxygen atoms in total. The molecule has 0 saturated carbocycles. The lowest BCUT2D eigenvalue weighted by atomic mass is 10.1. The van der Waals surface area contributed by atoms with Crippen LogP contribution in [0.15, 0.2) is 24.3 Å². The van der Waals surface area contributed by atoms with Crippen LogP contribution in [0, 0.1) is 13.8 Å². The second kappa shape index (κ2) is 8.87. The number of hydrogen-bond donors (Lipinski definition) is 1. The van der Waals surface area contributed by atoms with Gasteiger partial charge in [-0.3, -0.25) is 9.48 Å². The van der Waals surface area contributed by atoms with Crippen molar-refractivity contribution in [1.29, 1.82) is 0 Å². The van der Waals surface area contributed by atoms with E-state index in [1.165, 1.54) is 0 Å². The largest absolute Gasteiger partial charge is 0.445 e. The molecule has 0 unspecified atom stereocenters. The first-order chi connectivity index (χ1) is 14.5. The molecular weight excluding hydrogens is 382 g/mol. The van der Waals surface area contributed by atoms with Crippen molar-refractivity contribution in [3.8, 4) is 0 Å². The lowest BCUT2D eigenvalue weighted by molar-refractivity contribution is 0.0729. The summed E-state index contributed by atoms with van der Waals surface area (Å²) in [5.74, 6) is -0.0407. The van der Waals surface area contributed by atoms with E-state index in [0.717, 1.165) is 41.9 Å². The molecule has 1 N–H and O–H groups in total. The zero-order valence-electron chi connectivity index (χ0n) is 17.7. The number of carbonyl (C=O) groups is 2. The number of benzene rings is 1. The van der Waals surface area contributed by atoms with Gasteiger partial charge in [0.2, 0.25) is 0 Å². The van der Waals surface area contributed by atoms with E-state index in [2.05, 4.69) is 16.5 Å². The molecule has 2 aliphatic heterocycles. The van der Waals surface area contributed by atoms with Crippen molar-refractivity contribution in [3.05, 3.63) is 52.3 Å². The molecule has 0 radical (unpaired) electrons. The number of piperazine rings is 1. The van der Waals surface area contributed by atoms with Crippen LogP contribution in [-0.2, 0) is 24.4 Å². The van der Waals surface area contributed by atoms with E-state index >= 15 is 0 Å². The molecule has 0 aliphatic carbocycles. The van der Waals surface area contributed by atoms with Gasteiger partial charge in [0.1, 0.15) is 6.61 Å². The van der Waals surface area contributed by atoms with Crippen LogP contribution in [0.2, 0.25) is 0 Å². The number of nitrogens with one attached hydrogen (secondary N) is 1. The number of amides is 2. The summed E-state index contributed by atoms with van der Waals surface area (Å²) < 4.78 is 7.43. The van der Waals surface area contributed by atoms with Crippen molar-refractivity contribution in [2.45, 2.75) is 40.0 Å². The van der Waals surface area contributed by atoms with Crippen LogP contribution in [-0.4, -0.2) is 64.3 Å². The smallest absolute Gasteiger partial charge is 0.410 e. The van der Waals surface area contributed by atoms with Gasteiger partial charge >= 0.3 is 6.09 Å². The molecule has 2 aromatic rings. The lowest BCUT2D eigenvalue weighted by Gasteiger charge is -2.26. The first-order valence-electron chi connectivity index (χ1n) is 10.6. The summed E-state index contributed by atoms with van der Waals surface area (Å²) in [6.07, 6.45) is 0.438. The molecule has 1 aromatic heterocycles. The Hall–Kier alpha value is -2.87. The molecule has 1 saturated heterocycles. The SMILES string of the molecule is Cc1cc(C)cc(COC(=O)N2CCCn3nc(C(=O)N4CCNCC4)cc3C2)c1. The van der Waals surface area contributed by atoms with Crippen molar-refractivity contribution in [2.24, 2.45) is 0 Å². The molecule has 1 fully saturated rings. The second-order valence-corrected chi connectivity index (χ2v) is 8.11. The molecule has 0 bridgehead atoms. The first kappa shape index (κ1) is 20.4. The van der Waals surface area contributed by atoms with Crippen LogP contribution in [0.3, 0.4) is 0 Å². The minimum atomic E-state index is -0.334. The van der Waals surface area contributed by atoms with Crippen molar-refractivity contribution < 1.29 is 14.3 Å². The Kier molecular flexibility index (Phi) is 6.03. The number of aromatic nitrogens is 2. The summed E-state index contributed by atoms with van der Waals surface area (Å²) in [5, 5.41) is 7.77. The summed E-state index contributed by atoms with van der Waals surface area (Å²) in [4.78, 5) is 29.0. The van der Waals surface area contributed by atoms with Gasteiger partial charge in [0, 0.05) is 39.3 Å². The summed E-state index contributed by atoms with van der Waals surface area (Å²) in [5.41, 5.74) is 4.62.